The van der Waals surface area contributed by atoms with E-state index in [0.717, 1.165) is 0 Å². The molecular formula is C17H33O. The SMILES string of the molecule is [CH2]OCC=CCCCCCCCCCCCCC. The predicted molar refractivity (Wildman–Crippen MR) is 81.5 cm³/mol. The first kappa shape index (κ1) is 17.7. The molecule has 0 unspecified atom stereocenters. The van der Waals surface area contributed by atoms with Gasteiger partial charge in [0.15, 0.2) is 0 Å². The monoisotopic (exact) mass is 253 g/mol. The summed E-state index contributed by atoms with van der Waals surface area (Å²) in [6, 6.07) is 0. The van der Waals surface area contributed by atoms with Gasteiger partial charge in [0, 0.05) is 0 Å². The molecule has 0 aromatic carbocycles. The molecule has 0 atom stereocenters. The third kappa shape index (κ3) is 15.7. The van der Waals surface area contributed by atoms with Gasteiger partial charge in [-0.2, -0.15) is 0 Å². The number of hydrogen-bond donors (Lipinski definition) is 0. The minimum atomic E-state index is 0.651. The molecule has 0 aliphatic heterocycles. The summed E-state index contributed by atoms with van der Waals surface area (Å²) in [5, 5.41) is 0. The first-order chi connectivity index (χ1) is 8.91. The summed E-state index contributed by atoms with van der Waals surface area (Å²) in [6.07, 6.45) is 21.0. The highest BCUT2D eigenvalue weighted by molar-refractivity contribution is 4.81. The van der Waals surface area contributed by atoms with Gasteiger partial charge in [-0.15, -0.1) is 0 Å². The summed E-state index contributed by atoms with van der Waals surface area (Å²) in [6.45, 7) is 2.93. The van der Waals surface area contributed by atoms with Crippen molar-refractivity contribution in [2.24, 2.45) is 0 Å². The maximum absolute atomic E-state index is 4.71. The van der Waals surface area contributed by atoms with Gasteiger partial charge in [-0.05, 0) is 12.8 Å². The zero-order valence-corrected chi connectivity index (χ0v) is 12.5. The first-order valence-corrected chi connectivity index (χ1v) is 7.93. The second-order valence-corrected chi connectivity index (χ2v) is 5.17. The molecule has 0 N–H and O–H groups in total. The van der Waals surface area contributed by atoms with Crippen molar-refractivity contribution >= 4 is 0 Å². The van der Waals surface area contributed by atoms with Crippen LogP contribution in [-0.2, 0) is 4.74 Å². The summed E-state index contributed by atoms with van der Waals surface area (Å²) >= 11 is 0. The van der Waals surface area contributed by atoms with Crippen molar-refractivity contribution in [3.8, 4) is 0 Å². The van der Waals surface area contributed by atoms with Crippen LogP contribution in [0.15, 0.2) is 12.2 Å². The Labute approximate surface area is 115 Å². The minimum absolute atomic E-state index is 0.651. The summed E-state index contributed by atoms with van der Waals surface area (Å²) in [4.78, 5) is 0. The van der Waals surface area contributed by atoms with Gasteiger partial charge in [0.2, 0.25) is 0 Å². The summed E-state index contributed by atoms with van der Waals surface area (Å²) in [5.74, 6) is 0. The lowest BCUT2D eigenvalue weighted by Crippen LogP contribution is -1.82. The third-order valence-electron chi connectivity index (χ3n) is 3.36. The Hall–Kier alpha value is -0.300. The van der Waals surface area contributed by atoms with Crippen molar-refractivity contribution in [3.63, 3.8) is 0 Å². The average molecular weight is 253 g/mol. The summed E-state index contributed by atoms with van der Waals surface area (Å²) < 4.78 is 4.71. The molecule has 0 bridgehead atoms. The van der Waals surface area contributed by atoms with Gasteiger partial charge in [0.25, 0.3) is 0 Å². The maximum atomic E-state index is 4.71. The van der Waals surface area contributed by atoms with Crippen LogP contribution in [0.1, 0.15) is 84.0 Å². The standard InChI is InChI=1S/C17H33O/c1-3-4-5-6-7-8-9-10-11-12-13-14-15-16-17-18-2/h15-16H,2-14,17H2,1H3. The fourth-order valence-corrected chi connectivity index (χ4v) is 2.18. The van der Waals surface area contributed by atoms with Gasteiger partial charge in [-0.1, -0.05) is 83.3 Å². The Bertz CT molecular complexity index is 163. The molecule has 0 spiro atoms. The van der Waals surface area contributed by atoms with Gasteiger partial charge < -0.3 is 4.74 Å². The predicted octanol–water partition coefficient (Wildman–Crippen LogP) is 6.05. The van der Waals surface area contributed by atoms with Crippen molar-refractivity contribution in [3.05, 3.63) is 19.3 Å². The highest BCUT2D eigenvalue weighted by atomic mass is 16.5. The van der Waals surface area contributed by atoms with E-state index in [1.807, 2.05) is 0 Å². The molecule has 0 saturated heterocycles. The number of ether oxygens (including phenoxy) is 1. The fourth-order valence-electron chi connectivity index (χ4n) is 2.18. The highest BCUT2D eigenvalue weighted by Crippen LogP contribution is 2.11. The van der Waals surface area contributed by atoms with Crippen LogP contribution in [0.5, 0.6) is 0 Å². The molecule has 0 aromatic rings. The number of rotatable bonds is 14. The molecular weight excluding hydrogens is 220 g/mol. The van der Waals surface area contributed by atoms with Gasteiger partial charge in [-0.25, -0.2) is 0 Å². The van der Waals surface area contributed by atoms with E-state index in [-0.39, 0.29) is 0 Å². The molecule has 0 aliphatic rings. The molecule has 0 aliphatic carbocycles. The molecule has 0 aromatic heterocycles. The second-order valence-electron chi connectivity index (χ2n) is 5.17. The Morgan fingerprint density at radius 3 is 1.72 bits per heavy atom. The highest BCUT2D eigenvalue weighted by Gasteiger charge is 1.92. The molecule has 1 heteroatoms. The summed E-state index contributed by atoms with van der Waals surface area (Å²) in [5.41, 5.74) is 0. The average Bonchev–Trinajstić information content (AvgIpc) is 2.39. The van der Waals surface area contributed by atoms with Crippen LogP contribution in [0, 0.1) is 7.11 Å². The van der Waals surface area contributed by atoms with Gasteiger partial charge in [0.05, 0.1) is 13.7 Å². The second kappa shape index (κ2) is 16.7. The largest absolute Gasteiger partial charge is 0.375 e. The molecule has 0 fully saturated rings. The van der Waals surface area contributed by atoms with Crippen molar-refractivity contribution in [1.82, 2.24) is 0 Å². The molecule has 107 valence electrons. The van der Waals surface area contributed by atoms with Gasteiger partial charge in [0.1, 0.15) is 0 Å². The minimum Gasteiger partial charge on any atom is -0.375 e. The quantitative estimate of drug-likeness (QED) is 0.270. The lowest BCUT2D eigenvalue weighted by atomic mass is 10.1. The summed E-state index contributed by atoms with van der Waals surface area (Å²) in [7, 11) is 3.33. The zero-order valence-electron chi connectivity index (χ0n) is 12.5. The van der Waals surface area contributed by atoms with Crippen LogP contribution in [0.25, 0.3) is 0 Å². The van der Waals surface area contributed by atoms with E-state index in [1.165, 1.54) is 77.0 Å². The van der Waals surface area contributed by atoms with Crippen molar-refractivity contribution < 1.29 is 4.74 Å². The smallest absolute Gasteiger partial charge is 0.0704 e. The number of allylic oxidation sites excluding steroid dienone is 1. The topological polar surface area (TPSA) is 9.23 Å². The number of hydrogen-bond acceptors (Lipinski definition) is 1. The van der Waals surface area contributed by atoms with E-state index in [0.29, 0.717) is 6.61 Å². The number of unbranched alkanes of at least 4 members (excludes halogenated alkanes) is 11. The van der Waals surface area contributed by atoms with E-state index in [9.17, 15) is 0 Å². The molecule has 1 radical (unpaired) electrons. The molecule has 0 saturated carbocycles. The van der Waals surface area contributed by atoms with Gasteiger partial charge in [-0.3, -0.25) is 0 Å². The Kier molecular flexibility index (Phi) is 16.4. The Balaban J connectivity index is 2.94. The lowest BCUT2D eigenvalue weighted by molar-refractivity contribution is 0.281. The van der Waals surface area contributed by atoms with Crippen LogP contribution in [0.2, 0.25) is 0 Å². The zero-order chi connectivity index (χ0) is 13.3. The Morgan fingerprint density at radius 2 is 1.22 bits per heavy atom. The van der Waals surface area contributed by atoms with Crippen molar-refractivity contribution in [2.75, 3.05) is 6.61 Å². The lowest BCUT2D eigenvalue weighted by Gasteiger charge is -2.01. The van der Waals surface area contributed by atoms with E-state index in [4.69, 9.17) is 4.74 Å². The Morgan fingerprint density at radius 1 is 0.722 bits per heavy atom. The van der Waals surface area contributed by atoms with Crippen LogP contribution in [-0.4, -0.2) is 6.61 Å². The molecule has 1 nitrogen and oxygen atoms in total. The third-order valence-corrected chi connectivity index (χ3v) is 3.36. The first-order valence-electron chi connectivity index (χ1n) is 7.93. The van der Waals surface area contributed by atoms with E-state index in [1.54, 1.807) is 0 Å². The van der Waals surface area contributed by atoms with Gasteiger partial charge >= 0.3 is 0 Å². The fraction of sp³-hybridized carbons (Fsp3) is 0.824. The van der Waals surface area contributed by atoms with E-state index in [2.05, 4.69) is 26.2 Å². The van der Waals surface area contributed by atoms with Crippen LogP contribution in [0.3, 0.4) is 0 Å². The normalized spacial score (nSPS) is 11.4. The maximum Gasteiger partial charge on any atom is 0.0704 e. The molecule has 0 amide bonds. The van der Waals surface area contributed by atoms with Crippen LogP contribution < -0.4 is 0 Å². The van der Waals surface area contributed by atoms with Crippen LogP contribution >= 0.6 is 0 Å². The molecule has 0 rings (SSSR count). The molecule has 0 heterocycles. The molecule has 18 heavy (non-hydrogen) atoms. The van der Waals surface area contributed by atoms with E-state index < -0.39 is 0 Å². The van der Waals surface area contributed by atoms with Crippen molar-refractivity contribution in [1.29, 1.82) is 0 Å². The van der Waals surface area contributed by atoms with E-state index >= 15 is 0 Å². The van der Waals surface area contributed by atoms with Crippen LogP contribution in [0.4, 0.5) is 0 Å². The van der Waals surface area contributed by atoms with Crippen molar-refractivity contribution in [2.45, 2.75) is 84.0 Å².